The molecule has 1 N–H and O–H groups in total. The van der Waals surface area contributed by atoms with Crippen molar-refractivity contribution in [1.82, 2.24) is 9.78 Å². The third-order valence-electron chi connectivity index (χ3n) is 3.91. The fraction of sp³-hybridized carbons (Fsp3) is 0.158. The first kappa shape index (κ1) is 15.0. The van der Waals surface area contributed by atoms with Gasteiger partial charge in [0.25, 0.3) is 0 Å². The number of benzene rings is 2. The van der Waals surface area contributed by atoms with Gasteiger partial charge in [-0.15, -0.1) is 0 Å². The Kier molecular flexibility index (Phi) is 3.98. The zero-order valence-corrected chi connectivity index (χ0v) is 13.2. The van der Waals surface area contributed by atoms with Crippen molar-refractivity contribution in [3.8, 4) is 5.69 Å². The van der Waals surface area contributed by atoms with Gasteiger partial charge in [-0.25, -0.2) is 4.68 Å². The Bertz CT molecular complexity index is 792. The van der Waals surface area contributed by atoms with E-state index in [1.807, 2.05) is 80.7 Å². The number of hydrogen-bond acceptors (Lipinski definition) is 2. The van der Waals surface area contributed by atoms with Crippen molar-refractivity contribution in [3.05, 3.63) is 78.5 Å². The molecule has 4 heteroatoms. The van der Waals surface area contributed by atoms with Crippen molar-refractivity contribution in [2.45, 2.75) is 19.3 Å². The lowest BCUT2D eigenvalue weighted by Crippen LogP contribution is -2.34. The molecule has 0 radical (unpaired) electrons. The van der Waals surface area contributed by atoms with Crippen LogP contribution in [0.4, 0.5) is 5.82 Å². The van der Waals surface area contributed by atoms with E-state index in [0.717, 1.165) is 11.3 Å². The average molecular weight is 305 g/mol. The van der Waals surface area contributed by atoms with Gasteiger partial charge >= 0.3 is 0 Å². The topological polar surface area (TPSA) is 46.9 Å². The molecule has 1 amide bonds. The SMILES string of the molecule is CC(C)(C(=O)Nc1ccn(-c2ccccc2)n1)c1ccccc1. The molecule has 0 fully saturated rings. The van der Waals surface area contributed by atoms with Crippen LogP contribution in [0.3, 0.4) is 0 Å². The molecule has 0 atom stereocenters. The van der Waals surface area contributed by atoms with Crippen LogP contribution in [0.2, 0.25) is 0 Å². The monoisotopic (exact) mass is 305 g/mol. The molecular weight excluding hydrogens is 286 g/mol. The van der Waals surface area contributed by atoms with Crippen LogP contribution in [0, 0.1) is 0 Å². The van der Waals surface area contributed by atoms with Crippen LogP contribution in [-0.4, -0.2) is 15.7 Å². The molecule has 0 aliphatic rings. The van der Waals surface area contributed by atoms with Gasteiger partial charge in [0.2, 0.25) is 5.91 Å². The first-order chi connectivity index (χ1) is 11.1. The summed E-state index contributed by atoms with van der Waals surface area (Å²) in [6.07, 6.45) is 1.83. The zero-order chi connectivity index (χ0) is 16.3. The number of hydrogen-bond donors (Lipinski definition) is 1. The number of para-hydroxylation sites is 1. The van der Waals surface area contributed by atoms with Crippen molar-refractivity contribution < 1.29 is 4.79 Å². The van der Waals surface area contributed by atoms with Gasteiger partial charge < -0.3 is 5.32 Å². The zero-order valence-electron chi connectivity index (χ0n) is 13.2. The van der Waals surface area contributed by atoms with E-state index in [0.29, 0.717) is 5.82 Å². The third-order valence-corrected chi connectivity index (χ3v) is 3.91. The highest BCUT2D eigenvalue weighted by Crippen LogP contribution is 2.24. The van der Waals surface area contributed by atoms with Gasteiger partial charge in [0.05, 0.1) is 11.1 Å². The lowest BCUT2D eigenvalue weighted by Gasteiger charge is -2.23. The smallest absolute Gasteiger partial charge is 0.235 e. The molecule has 1 aromatic heterocycles. The number of rotatable bonds is 4. The maximum atomic E-state index is 12.6. The van der Waals surface area contributed by atoms with Gasteiger partial charge in [-0.3, -0.25) is 4.79 Å². The number of amides is 1. The highest BCUT2D eigenvalue weighted by atomic mass is 16.2. The molecule has 3 aromatic rings. The van der Waals surface area contributed by atoms with Crippen molar-refractivity contribution in [3.63, 3.8) is 0 Å². The van der Waals surface area contributed by atoms with Gasteiger partial charge in [0.15, 0.2) is 5.82 Å². The summed E-state index contributed by atoms with van der Waals surface area (Å²) in [4.78, 5) is 12.6. The summed E-state index contributed by atoms with van der Waals surface area (Å²) in [5, 5.41) is 7.31. The fourth-order valence-electron chi connectivity index (χ4n) is 2.37. The number of anilines is 1. The van der Waals surface area contributed by atoms with Crippen molar-refractivity contribution in [1.29, 1.82) is 0 Å². The first-order valence-corrected chi connectivity index (χ1v) is 7.55. The minimum Gasteiger partial charge on any atom is -0.308 e. The van der Waals surface area contributed by atoms with Gasteiger partial charge in [-0.2, -0.15) is 5.10 Å². The molecule has 3 rings (SSSR count). The molecule has 0 spiro atoms. The molecule has 0 unspecified atom stereocenters. The Hall–Kier alpha value is -2.88. The maximum absolute atomic E-state index is 12.6. The van der Waals surface area contributed by atoms with E-state index < -0.39 is 5.41 Å². The third kappa shape index (κ3) is 3.16. The molecule has 0 saturated heterocycles. The summed E-state index contributed by atoms with van der Waals surface area (Å²) in [6, 6.07) is 21.3. The van der Waals surface area contributed by atoms with E-state index in [2.05, 4.69) is 10.4 Å². The number of carbonyl (C=O) groups is 1. The van der Waals surface area contributed by atoms with Crippen LogP contribution in [-0.2, 0) is 10.2 Å². The van der Waals surface area contributed by atoms with Crippen molar-refractivity contribution >= 4 is 11.7 Å². The van der Waals surface area contributed by atoms with Crippen LogP contribution >= 0.6 is 0 Å². The molecule has 4 nitrogen and oxygen atoms in total. The predicted octanol–water partition coefficient (Wildman–Crippen LogP) is 3.79. The second kappa shape index (κ2) is 6.08. The van der Waals surface area contributed by atoms with Crippen molar-refractivity contribution in [2.24, 2.45) is 0 Å². The molecule has 116 valence electrons. The molecule has 0 aliphatic heterocycles. The molecule has 23 heavy (non-hydrogen) atoms. The van der Waals surface area contributed by atoms with Crippen LogP contribution in [0.5, 0.6) is 0 Å². The van der Waals surface area contributed by atoms with Gasteiger partial charge in [-0.05, 0) is 31.5 Å². The largest absolute Gasteiger partial charge is 0.308 e. The minimum absolute atomic E-state index is 0.0815. The lowest BCUT2D eigenvalue weighted by molar-refractivity contribution is -0.120. The normalized spacial score (nSPS) is 11.2. The van der Waals surface area contributed by atoms with Crippen LogP contribution in [0.1, 0.15) is 19.4 Å². The molecule has 0 saturated carbocycles. The Morgan fingerprint density at radius 3 is 2.22 bits per heavy atom. The van der Waals surface area contributed by atoms with E-state index >= 15 is 0 Å². The summed E-state index contributed by atoms with van der Waals surface area (Å²) in [5.74, 6) is 0.463. The Morgan fingerprint density at radius 1 is 0.957 bits per heavy atom. The van der Waals surface area contributed by atoms with E-state index in [4.69, 9.17) is 0 Å². The Balaban J connectivity index is 1.77. The summed E-state index contributed by atoms with van der Waals surface area (Å²) < 4.78 is 1.74. The number of aromatic nitrogens is 2. The lowest BCUT2D eigenvalue weighted by atomic mass is 9.84. The molecule has 0 aliphatic carbocycles. The van der Waals surface area contributed by atoms with Gasteiger partial charge in [-0.1, -0.05) is 48.5 Å². The second-order valence-electron chi connectivity index (χ2n) is 5.93. The van der Waals surface area contributed by atoms with Crippen LogP contribution < -0.4 is 5.32 Å². The minimum atomic E-state index is -0.627. The molecule has 2 aromatic carbocycles. The van der Waals surface area contributed by atoms with E-state index in [1.54, 1.807) is 10.7 Å². The summed E-state index contributed by atoms with van der Waals surface area (Å²) in [5.41, 5.74) is 1.30. The molecule has 1 heterocycles. The quantitative estimate of drug-likeness (QED) is 0.797. The van der Waals surface area contributed by atoms with E-state index in [9.17, 15) is 4.79 Å². The molecule has 0 bridgehead atoms. The summed E-state index contributed by atoms with van der Waals surface area (Å²) in [6.45, 7) is 3.82. The average Bonchev–Trinajstić information content (AvgIpc) is 3.05. The van der Waals surface area contributed by atoms with Crippen LogP contribution in [0.15, 0.2) is 72.9 Å². The Morgan fingerprint density at radius 2 is 1.57 bits per heavy atom. The predicted molar refractivity (Wildman–Crippen MR) is 91.7 cm³/mol. The van der Waals surface area contributed by atoms with Gasteiger partial charge in [0.1, 0.15) is 0 Å². The summed E-state index contributed by atoms with van der Waals surface area (Å²) >= 11 is 0. The Labute approximate surface area is 135 Å². The van der Waals surface area contributed by atoms with E-state index in [1.165, 1.54) is 0 Å². The van der Waals surface area contributed by atoms with E-state index in [-0.39, 0.29) is 5.91 Å². The number of carbonyl (C=O) groups excluding carboxylic acids is 1. The van der Waals surface area contributed by atoms with Gasteiger partial charge in [0, 0.05) is 12.3 Å². The highest BCUT2D eigenvalue weighted by molar-refractivity contribution is 5.97. The van der Waals surface area contributed by atoms with Crippen LogP contribution in [0.25, 0.3) is 5.69 Å². The number of nitrogens with one attached hydrogen (secondary N) is 1. The van der Waals surface area contributed by atoms with Crippen molar-refractivity contribution in [2.75, 3.05) is 5.32 Å². The highest BCUT2D eigenvalue weighted by Gasteiger charge is 2.30. The first-order valence-electron chi connectivity index (χ1n) is 7.55. The second-order valence-corrected chi connectivity index (χ2v) is 5.93. The summed E-state index contributed by atoms with van der Waals surface area (Å²) in [7, 11) is 0. The number of nitrogens with zero attached hydrogens (tertiary/aromatic N) is 2. The standard InChI is InChI=1S/C19H19N3O/c1-19(2,15-9-5-3-6-10-15)18(23)20-17-13-14-22(21-17)16-11-7-4-8-12-16/h3-14H,1-2H3,(H,20,21,23). The maximum Gasteiger partial charge on any atom is 0.235 e. The fourth-order valence-corrected chi connectivity index (χ4v) is 2.37. The molecular formula is C19H19N3O.